The standard InChI is InChI=1S/C23H28ClN3O2/c1-15(2)20(14-27-21(28)11-10-19(26-27)16-4-5-16)25-22(29)23(12-3-13-23)17-6-8-18(24)9-7-17/h6-11,15-16,20H,3-5,12-14H2,1-2H3,(H,25,29)/t20-/m1/s1. The normalized spacial score (nSPS) is 18.9. The van der Waals surface area contributed by atoms with E-state index in [0.29, 0.717) is 17.5 Å². The Bertz CT molecular complexity index is 943. The van der Waals surface area contributed by atoms with Gasteiger partial charge in [-0.2, -0.15) is 5.10 Å². The van der Waals surface area contributed by atoms with Crippen LogP contribution in [0.3, 0.4) is 0 Å². The average molecular weight is 414 g/mol. The molecular weight excluding hydrogens is 386 g/mol. The zero-order valence-electron chi connectivity index (χ0n) is 17.0. The summed E-state index contributed by atoms with van der Waals surface area (Å²) in [6.45, 7) is 4.52. The molecule has 2 aliphatic carbocycles. The Labute approximate surface area is 176 Å². The van der Waals surface area contributed by atoms with Gasteiger partial charge in [0, 0.05) is 17.0 Å². The Morgan fingerprint density at radius 3 is 2.45 bits per heavy atom. The van der Waals surface area contributed by atoms with Crippen molar-refractivity contribution in [2.75, 3.05) is 0 Å². The second-order valence-corrected chi connectivity index (χ2v) is 9.26. The third-order valence-electron chi connectivity index (χ3n) is 6.41. The number of aromatic nitrogens is 2. The highest BCUT2D eigenvalue weighted by Crippen LogP contribution is 2.44. The summed E-state index contributed by atoms with van der Waals surface area (Å²) in [5.41, 5.74) is 1.38. The van der Waals surface area contributed by atoms with Gasteiger partial charge in [0.05, 0.1) is 23.7 Å². The van der Waals surface area contributed by atoms with Crippen molar-refractivity contribution in [2.24, 2.45) is 5.92 Å². The van der Waals surface area contributed by atoms with Crippen LogP contribution in [0, 0.1) is 5.92 Å². The maximum atomic E-state index is 13.4. The molecule has 2 aliphatic rings. The van der Waals surface area contributed by atoms with Crippen molar-refractivity contribution in [3.63, 3.8) is 0 Å². The van der Waals surface area contributed by atoms with Crippen molar-refractivity contribution in [3.05, 3.63) is 63.0 Å². The molecule has 154 valence electrons. The van der Waals surface area contributed by atoms with E-state index in [4.69, 9.17) is 11.6 Å². The number of rotatable bonds is 7. The van der Waals surface area contributed by atoms with E-state index in [0.717, 1.165) is 43.4 Å². The predicted octanol–water partition coefficient (Wildman–Crippen LogP) is 4.04. The van der Waals surface area contributed by atoms with Gasteiger partial charge in [-0.05, 0) is 55.4 Å². The molecule has 1 amide bonds. The topological polar surface area (TPSA) is 64.0 Å². The number of hydrogen-bond donors (Lipinski definition) is 1. The van der Waals surface area contributed by atoms with Gasteiger partial charge in [0.15, 0.2) is 0 Å². The lowest BCUT2D eigenvalue weighted by atomic mass is 9.63. The van der Waals surface area contributed by atoms with Gasteiger partial charge in [-0.3, -0.25) is 9.59 Å². The minimum atomic E-state index is -0.494. The Balaban J connectivity index is 1.54. The largest absolute Gasteiger partial charge is 0.350 e. The van der Waals surface area contributed by atoms with Crippen LogP contribution in [0.15, 0.2) is 41.2 Å². The molecule has 1 aromatic carbocycles. The summed E-state index contributed by atoms with van der Waals surface area (Å²) in [4.78, 5) is 25.7. The molecule has 0 spiro atoms. The van der Waals surface area contributed by atoms with Gasteiger partial charge in [-0.1, -0.05) is 44.0 Å². The Hall–Kier alpha value is -2.14. The van der Waals surface area contributed by atoms with Crippen LogP contribution in [0.4, 0.5) is 0 Å². The molecule has 0 aliphatic heterocycles. The van der Waals surface area contributed by atoms with Crippen molar-refractivity contribution in [3.8, 4) is 0 Å². The fourth-order valence-corrected chi connectivity index (χ4v) is 4.18. The van der Waals surface area contributed by atoms with Crippen LogP contribution >= 0.6 is 11.6 Å². The molecule has 5 nitrogen and oxygen atoms in total. The maximum Gasteiger partial charge on any atom is 0.266 e. The average Bonchev–Trinajstić information content (AvgIpc) is 3.48. The molecule has 0 unspecified atom stereocenters. The lowest BCUT2D eigenvalue weighted by molar-refractivity contribution is -0.131. The monoisotopic (exact) mass is 413 g/mol. The third kappa shape index (κ3) is 4.11. The van der Waals surface area contributed by atoms with E-state index in [9.17, 15) is 9.59 Å². The van der Waals surface area contributed by atoms with Crippen molar-refractivity contribution in [2.45, 2.75) is 69.9 Å². The Morgan fingerprint density at radius 1 is 1.21 bits per heavy atom. The first-order valence-electron chi connectivity index (χ1n) is 10.5. The number of nitrogens with one attached hydrogen (secondary N) is 1. The highest BCUT2D eigenvalue weighted by atomic mass is 35.5. The number of benzene rings is 1. The molecule has 0 saturated heterocycles. The number of amides is 1. The molecule has 1 atom stereocenters. The Kier molecular flexibility index (Phi) is 5.52. The smallest absolute Gasteiger partial charge is 0.266 e. The Morgan fingerprint density at radius 2 is 1.90 bits per heavy atom. The summed E-state index contributed by atoms with van der Waals surface area (Å²) in [6, 6.07) is 10.9. The van der Waals surface area contributed by atoms with E-state index in [1.807, 2.05) is 30.3 Å². The predicted molar refractivity (Wildman–Crippen MR) is 114 cm³/mol. The van der Waals surface area contributed by atoms with Crippen LogP contribution in [0.5, 0.6) is 0 Å². The quantitative estimate of drug-likeness (QED) is 0.745. The van der Waals surface area contributed by atoms with Crippen LogP contribution in [0.2, 0.25) is 5.02 Å². The number of halogens is 1. The molecule has 6 heteroatoms. The van der Waals surface area contributed by atoms with Crippen LogP contribution in [0.25, 0.3) is 0 Å². The number of hydrogen-bond acceptors (Lipinski definition) is 3. The van der Waals surface area contributed by atoms with Gasteiger partial charge in [-0.15, -0.1) is 0 Å². The first-order valence-corrected chi connectivity index (χ1v) is 10.9. The molecule has 2 saturated carbocycles. The molecule has 1 heterocycles. The van der Waals surface area contributed by atoms with Crippen LogP contribution in [-0.2, 0) is 16.8 Å². The SMILES string of the molecule is CC(C)[C@@H](Cn1nc(C2CC2)ccc1=O)NC(=O)C1(c2ccc(Cl)cc2)CCC1. The first-order chi connectivity index (χ1) is 13.9. The highest BCUT2D eigenvalue weighted by molar-refractivity contribution is 6.30. The van der Waals surface area contributed by atoms with Crippen molar-refractivity contribution < 1.29 is 4.79 Å². The molecule has 2 aromatic rings. The molecule has 4 rings (SSSR count). The molecule has 2 fully saturated rings. The van der Waals surface area contributed by atoms with Crippen LogP contribution < -0.4 is 10.9 Å². The number of nitrogens with zero attached hydrogens (tertiary/aromatic N) is 2. The lowest BCUT2D eigenvalue weighted by Gasteiger charge is -2.42. The van der Waals surface area contributed by atoms with Gasteiger partial charge in [0.25, 0.3) is 5.56 Å². The van der Waals surface area contributed by atoms with E-state index in [1.54, 1.807) is 6.07 Å². The third-order valence-corrected chi connectivity index (χ3v) is 6.66. The van der Waals surface area contributed by atoms with Crippen LogP contribution in [0.1, 0.15) is 63.1 Å². The van der Waals surface area contributed by atoms with Crippen LogP contribution in [-0.4, -0.2) is 21.7 Å². The van der Waals surface area contributed by atoms with E-state index in [1.165, 1.54) is 4.68 Å². The maximum absolute atomic E-state index is 13.4. The van der Waals surface area contributed by atoms with E-state index >= 15 is 0 Å². The molecular formula is C23H28ClN3O2. The summed E-state index contributed by atoms with van der Waals surface area (Å²) in [5, 5.41) is 8.48. The molecule has 1 N–H and O–H groups in total. The van der Waals surface area contributed by atoms with Gasteiger partial charge in [0.2, 0.25) is 5.91 Å². The lowest BCUT2D eigenvalue weighted by Crippen LogP contribution is -2.54. The number of carbonyl (C=O) groups is 1. The van der Waals surface area contributed by atoms with E-state index < -0.39 is 5.41 Å². The fourth-order valence-electron chi connectivity index (χ4n) is 4.05. The first kappa shape index (κ1) is 20.1. The van der Waals surface area contributed by atoms with Crippen molar-refractivity contribution in [1.82, 2.24) is 15.1 Å². The minimum Gasteiger partial charge on any atom is -0.350 e. The number of carbonyl (C=O) groups excluding carboxylic acids is 1. The second-order valence-electron chi connectivity index (χ2n) is 8.82. The fraction of sp³-hybridized carbons (Fsp3) is 0.522. The van der Waals surface area contributed by atoms with Gasteiger partial charge < -0.3 is 5.32 Å². The zero-order chi connectivity index (χ0) is 20.6. The van der Waals surface area contributed by atoms with Gasteiger partial charge in [0.1, 0.15) is 0 Å². The second kappa shape index (κ2) is 7.94. The molecule has 0 radical (unpaired) electrons. The zero-order valence-corrected chi connectivity index (χ0v) is 17.8. The van der Waals surface area contributed by atoms with Crippen molar-refractivity contribution >= 4 is 17.5 Å². The molecule has 1 aromatic heterocycles. The summed E-state index contributed by atoms with van der Waals surface area (Å²) in [7, 11) is 0. The molecule has 29 heavy (non-hydrogen) atoms. The summed E-state index contributed by atoms with van der Waals surface area (Å²) < 4.78 is 1.52. The van der Waals surface area contributed by atoms with Gasteiger partial charge >= 0.3 is 0 Å². The van der Waals surface area contributed by atoms with Crippen molar-refractivity contribution in [1.29, 1.82) is 0 Å². The minimum absolute atomic E-state index is 0.0381. The summed E-state index contributed by atoms with van der Waals surface area (Å²) in [5.74, 6) is 0.702. The summed E-state index contributed by atoms with van der Waals surface area (Å²) >= 11 is 6.03. The van der Waals surface area contributed by atoms with E-state index in [-0.39, 0.29) is 23.4 Å². The summed E-state index contributed by atoms with van der Waals surface area (Å²) in [6.07, 6.45) is 4.98. The van der Waals surface area contributed by atoms with E-state index in [2.05, 4.69) is 24.3 Å². The highest BCUT2D eigenvalue weighted by Gasteiger charge is 2.46. The van der Waals surface area contributed by atoms with Gasteiger partial charge in [-0.25, -0.2) is 4.68 Å². The molecule has 0 bridgehead atoms.